The van der Waals surface area contributed by atoms with E-state index in [4.69, 9.17) is 0 Å². The van der Waals surface area contributed by atoms with Gasteiger partial charge in [-0.15, -0.1) is 24.0 Å². The number of carbonyl (C=O) groups excluding carboxylic acids is 2. The third-order valence-electron chi connectivity index (χ3n) is 4.14. The fraction of sp³-hybridized carbons (Fsp3) is 0.500. The lowest BCUT2D eigenvalue weighted by Crippen LogP contribution is -2.46. The van der Waals surface area contributed by atoms with Crippen LogP contribution in [0.5, 0.6) is 5.75 Å². The molecule has 2 amide bonds. The van der Waals surface area contributed by atoms with Gasteiger partial charge in [0.05, 0.1) is 0 Å². The van der Waals surface area contributed by atoms with Crippen LogP contribution in [-0.4, -0.2) is 61.4 Å². The molecule has 2 rings (SSSR count). The number of alkyl halides is 2. The van der Waals surface area contributed by atoms with Gasteiger partial charge in [-0.3, -0.25) is 19.5 Å². The predicted molar refractivity (Wildman–Crippen MR) is 112 cm³/mol. The van der Waals surface area contributed by atoms with Crippen LogP contribution in [0.3, 0.4) is 0 Å². The number of likely N-dealkylation sites (tertiary alicyclic amines) is 1. The van der Waals surface area contributed by atoms with Crippen LogP contribution < -0.4 is 10.1 Å². The summed E-state index contributed by atoms with van der Waals surface area (Å²) < 4.78 is 28.7. The van der Waals surface area contributed by atoms with Crippen LogP contribution in [0.2, 0.25) is 0 Å². The molecule has 1 heterocycles. The number of nitrogens with one attached hydrogen (secondary N) is 1. The zero-order valence-electron chi connectivity index (χ0n) is 15.9. The van der Waals surface area contributed by atoms with Crippen LogP contribution in [-0.2, 0) is 16.1 Å². The van der Waals surface area contributed by atoms with E-state index < -0.39 is 6.61 Å². The number of hydrogen-bond donors (Lipinski definition) is 1. The van der Waals surface area contributed by atoms with E-state index >= 15 is 0 Å². The van der Waals surface area contributed by atoms with Crippen LogP contribution in [0.4, 0.5) is 8.78 Å². The molecule has 0 aliphatic carbocycles. The Bertz CT molecular complexity index is 670. The quantitative estimate of drug-likeness (QED) is 0.264. The molecule has 1 aliphatic rings. The van der Waals surface area contributed by atoms with Crippen molar-refractivity contribution in [3.05, 3.63) is 29.8 Å². The fourth-order valence-corrected chi connectivity index (χ4v) is 2.84. The van der Waals surface area contributed by atoms with Crippen LogP contribution >= 0.6 is 24.0 Å². The summed E-state index contributed by atoms with van der Waals surface area (Å²) in [7, 11) is 3.46. The fourth-order valence-electron chi connectivity index (χ4n) is 2.84. The molecule has 0 saturated carbocycles. The maximum Gasteiger partial charge on any atom is 0.387 e. The molecule has 1 aromatic rings. The second-order valence-corrected chi connectivity index (χ2v) is 6.15. The van der Waals surface area contributed by atoms with Gasteiger partial charge < -0.3 is 15.0 Å². The molecular weight excluding hydrogens is 485 g/mol. The number of halogens is 3. The molecule has 0 spiro atoms. The van der Waals surface area contributed by atoms with Gasteiger partial charge in [-0.25, -0.2) is 0 Å². The summed E-state index contributed by atoms with van der Waals surface area (Å²) in [6.45, 7) is -1.66. The second-order valence-electron chi connectivity index (χ2n) is 6.15. The zero-order valence-corrected chi connectivity index (χ0v) is 18.2. The Hall–Kier alpha value is -1.98. The Morgan fingerprint density at radius 2 is 1.86 bits per heavy atom. The van der Waals surface area contributed by atoms with Crippen molar-refractivity contribution in [1.82, 2.24) is 15.1 Å². The molecule has 156 valence electrons. The smallest absolute Gasteiger partial charge is 0.387 e. The minimum Gasteiger partial charge on any atom is -0.435 e. The van der Waals surface area contributed by atoms with Crippen molar-refractivity contribution in [3.8, 4) is 5.75 Å². The van der Waals surface area contributed by atoms with Gasteiger partial charge >= 0.3 is 6.61 Å². The van der Waals surface area contributed by atoms with Crippen molar-refractivity contribution >= 4 is 41.8 Å². The van der Waals surface area contributed by atoms with E-state index in [1.54, 1.807) is 19.2 Å². The highest BCUT2D eigenvalue weighted by Crippen LogP contribution is 2.16. The average molecular weight is 510 g/mol. The summed E-state index contributed by atoms with van der Waals surface area (Å²) in [5.74, 6) is 0.430. The van der Waals surface area contributed by atoms with Gasteiger partial charge in [-0.2, -0.15) is 8.78 Å². The lowest BCUT2D eigenvalue weighted by Gasteiger charge is -2.26. The Morgan fingerprint density at radius 3 is 2.39 bits per heavy atom. The minimum atomic E-state index is -2.85. The van der Waals surface area contributed by atoms with E-state index in [-0.39, 0.29) is 41.5 Å². The van der Waals surface area contributed by atoms with E-state index in [2.05, 4.69) is 15.0 Å². The van der Waals surface area contributed by atoms with E-state index in [0.29, 0.717) is 44.9 Å². The highest BCUT2D eigenvalue weighted by molar-refractivity contribution is 14.0. The number of guanidine groups is 1. The lowest BCUT2D eigenvalue weighted by molar-refractivity contribution is -0.147. The van der Waals surface area contributed by atoms with Crippen molar-refractivity contribution in [2.24, 2.45) is 4.99 Å². The van der Waals surface area contributed by atoms with Gasteiger partial charge in [-0.1, -0.05) is 12.1 Å². The molecule has 0 atom stereocenters. The summed E-state index contributed by atoms with van der Waals surface area (Å²) >= 11 is 0. The molecule has 1 aromatic carbocycles. The zero-order chi connectivity index (χ0) is 19.8. The normalized spacial score (nSPS) is 14.8. The van der Waals surface area contributed by atoms with Gasteiger partial charge in [0.1, 0.15) is 5.75 Å². The average Bonchev–Trinajstić information content (AvgIpc) is 2.62. The summed E-state index contributed by atoms with van der Waals surface area (Å²) in [5, 5.41) is 3.12. The number of amides is 2. The number of nitrogens with zero attached hydrogens (tertiary/aromatic N) is 3. The van der Waals surface area contributed by atoms with Crippen LogP contribution in [0, 0.1) is 0 Å². The first-order valence-electron chi connectivity index (χ1n) is 8.69. The van der Waals surface area contributed by atoms with Crippen molar-refractivity contribution in [3.63, 3.8) is 0 Å². The molecule has 1 fully saturated rings. The third kappa shape index (κ3) is 7.21. The first kappa shape index (κ1) is 24.1. The summed E-state index contributed by atoms with van der Waals surface area (Å²) in [5.41, 5.74) is 0.892. The van der Waals surface area contributed by atoms with Gasteiger partial charge in [0, 0.05) is 46.6 Å². The van der Waals surface area contributed by atoms with Gasteiger partial charge in [-0.05, 0) is 24.1 Å². The molecule has 0 unspecified atom stereocenters. The topological polar surface area (TPSA) is 74.2 Å². The highest BCUT2D eigenvalue weighted by Gasteiger charge is 2.25. The monoisotopic (exact) mass is 510 g/mol. The Labute approximate surface area is 180 Å². The van der Waals surface area contributed by atoms with Crippen molar-refractivity contribution < 1.29 is 23.1 Å². The summed E-state index contributed by atoms with van der Waals surface area (Å²) in [6, 6.07) is 6.37. The molecule has 28 heavy (non-hydrogen) atoms. The molecule has 7 nitrogen and oxygen atoms in total. The first-order valence-corrected chi connectivity index (χ1v) is 8.69. The molecule has 1 N–H and O–H groups in total. The maximum absolute atomic E-state index is 12.2. The number of imide groups is 1. The molecule has 0 radical (unpaired) electrons. The highest BCUT2D eigenvalue weighted by atomic mass is 127. The van der Waals surface area contributed by atoms with Gasteiger partial charge in [0.15, 0.2) is 5.96 Å². The molecular formula is C18H25F2IN4O3. The van der Waals surface area contributed by atoms with E-state index in [1.807, 2.05) is 11.9 Å². The minimum absolute atomic E-state index is 0. The number of carbonyl (C=O) groups is 2. The molecule has 0 aromatic heterocycles. The second kappa shape index (κ2) is 11.8. The molecule has 1 aliphatic heterocycles. The number of benzene rings is 1. The van der Waals surface area contributed by atoms with Crippen molar-refractivity contribution in [1.29, 1.82) is 0 Å². The number of ether oxygens (including phenoxy) is 1. The van der Waals surface area contributed by atoms with Crippen molar-refractivity contribution in [2.45, 2.75) is 32.4 Å². The van der Waals surface area contributed by atoms with Crippen LogP contribution in [0.15, 0.2) is 29.3 Å². The molecule has 10 heteroatoms. The molecule has 0 bridgehead atoms. The Kier molecular flexibility index (Phi) is 10.1. The van der Waals surface area contributed by atoms with E-state index in [1.165, 1.54) is 17.0 Å². The Morgan fingerprint density at radius 1 is 1.25 bits per heavy atom. The lowest BCUT2D eigenvalue weighted by atomic mass is 10.1. The van der Waals surface area contributed by atoms with Crippen LogP contribution in [0.25, 0.3) is 0 Å². The van der Waals surface area contributed by atoms with Gasteiger partial charge in [0.25, 0.3) is 0 Å². The standard InChI is InChI=1S/C18H24F2N4O3.HI/c1-21-18(22-10-11-24-15(25)4-3-5-16(24)26)23(2)12-13-6-8-14(9-7-13)27-17(19)20;/h6-9,17H,3-5,10-12H2,1-2H3,(H,21,22);1H. The van der Waals surface area contributed by atoms with Crippen LogP contribution in [0.1, 0.15) is 24.8 Å². The number of hydrogen-bond acceptors (Lipinski definition) is 4. The summed E-state index contributed by atoms with van der Waals surface area (Å²) in [6.07, 6.45) is 1.43. The van der Waals surface area contributed by atoms with Crippen molar-refractivity contribution in [2.75, 3.05) is 27.2 Å². The number of aliphatic imine (C=N–C) groups is 1. The Balaban J connectivity index is 0.00000392. The largest absolute Gasteiger partial charge is 0.435 e. The van der Waals surface area contributed by atoms with Gasteiger partial charge in [0.2, 0.25) is 11.8 Å². The number of rotatable bonds is 7. The summed E-state index contributed by atoms with van der Waals surface area (Å²) in [4.78, 5) is 30.9. The first-order chi connectivity index (χ1) is 12.9. The van der Waals surface area contributed by atoms with E-state index in [0.717, 1.165) is 5.56 Å². The maximum atomic E-state index is 12.2. The third-order valence-corrected chi connectivity index (χ3v) is 4.14. The number of piperidine rings is 1. The molecule has 1 saturated heterocycles. The SMILES string of the molecule is CN=C(NCCN1C(=O)CCCC1=O)N(C)Cc1ccc(OC(F)F)cc1.I. The van der Waals surface area contributed by atoms with E-state index in [9.17, 15) is 18.4 Å². The predicted octanol–water partition coefficient (Wildman–Crippen LogP) is 2.45.